The van der Waals surface area contributed by atoms with E-state index in [9.17, 15) is 0 Å². The van der Waals surface area contributed by atoms with E-state index in [4.69, 9.17) is 9.97 Å². The third kappa shape index (κ3) is 3.06. The van der Waals surface area contributed by atoms with Crippen molar-refractivity contribution in [1.29, 1.82) is 0 Å². The molecule has 0 radical (unpaired) electrons. The fourth-order valence-corrected chi connectivity index (χ4v) is 4.05. The van der Waals surface area contributed by atoms with E-state index >= 15 is 0 Å². The lowest BCUT2D eigenvalue weighted by Crippen LogP contribution is -2.33. The van der Waals surface area contributed by atoms with Crippen molar-refractivity contribution in [2.24, 2.45) is 0 Å². The van der Waals surface area contributed by atoms with E-state index in [-0.39, 0.29) is 0 Å². The zero-order valence-corrected chi connectivity index (χ0v) is 15.4. The van der Waals surface area contributed by atoms with Gasteiger partial charge in [-0.15, -0.1) is 10.2 Å². The van der Waals surface area contributed by atoms with Crippen LogP contribution in [0.2, 0.25) is 0 Å². The van der Waals surface area contributed by atoms with Crippen LogP contribution in [0.3, 0.4) is 0 Å². The molecule has 0 spiro atoms. The average Bonchev–Trinajstić information content (AvgIpc) is 3.13. The van der Waals surface area contributed by atoms with E-state index in [0.29, 0.717) is 5.92 Å². The SMILES string of the molecule is Cc1nc(CN2CCC(c3nnc4ccccn34)CC2)nc2ccccc12. The maximum Gasteiger partial charge on any atom is 0.160 e. The molecule has 4 aromatic rings. The van der Waals surface area contributed by atoms with E-state index in [1.807, 2.05) is 30.3 Å². The molecule has 6 nitrogen and oxygen atoms in total. The van der Waals surface area contributed by atoms with Crippen LogP contribution in [0, 0.1) is 6.92 Å². The third-order valence-electron chi connectivity index (χ3n) is 5.50. The highest BCUT2D eigenvalue weighted by Gasteiger charge is 2.25. The van der Waals surface area contributed by atoms with Gasteiger partial charge in [-0.1, -0.05) is 24.3 Å². The minimum Gasteiger partial charge on any atom is -0.296 e. The molecule has 0 bridgehead atoms. The Morgan fingerprint density at radius 2 is 1.78 bits per heavy atom. The summed E-state index contributed by atoms with van der Waals surface area (Å²) in [5, 5.41) is 9.88. The molecule has 1 fully saturated rings. The van der Waals surface area contributed by atoms with E-state index in [0.717, 1.165) is 66.4 Å². The van der Waals surface area contributed by atoms with Gasteiger partial charge in [0, 0.05) is 23.2 Å². The number of piperidine rings is 1. The summed E-state index contributed by atoms with van der Waals surface area (Å²) in [4.78, 5) is 11.9. The minimum absolute atomic E-state index is 0.456. The topological polar surface area (TPSA) is 59.2 Å². The molecule has 0 N–H and O–H groups in total. The van der Waals surface area contributed by atoms with Crippen LogP contribution >= 0.6 is 0 Å². The molecule has 4 heterocycles. The first-order chi connectivity index (χ1) is 13.3. The van der Waals surface area contributed by atoms with Crippen molar-refractivity contribution < 1.29 is 0 Å². The molecule has 0 atom stereocenters. The van der Waals surface area contributed by atoms with Gasteiger partial charge >= 0.3 is 0 Å². The molecule has 1 aromatic carbocycles. The molecule has 5 rings (SSSR count). The number of fused-ring (bicyclic) bond motifs is 2. The summed E-state index contributed by atoms with van der Waals surface area (Å²) in [5.41, 5.74) is 3.01. The highest BCUT2D eigenvalue weighted by molar-refractivity contribution is 5.80. The Bertz CT molecular complexity index is 1090. The molecule has 27 heavy (non-hydrogen) atoms. The third-order valence-corrected chi connectivity index (χ3v) is 5.50. The number of pyridine rings is 1. The van der Waals surface area contributed by atoms with Crippen molar-refractivity contribution in [2.45, 2.75) is 32.2 Å². The number of hydrogen-bond acceptors (Lipinski definition) is 5. The van der Waals surface area contributed by atoms with Crippen molar-refractivity contribution in [3.8, 4) is 0 Å². The Labute approximate surface area is 157 Å². The Morgan fingerprint density at radius 3 is 2.67 bits per heavy atom. The zero-order chi connectivity index (χ0) is 18.2. The molecule has 6 heteroatoms. The molecule has 1 saturated heterocycles. The van der Waals surface area contributed by atoms with Gasteiger partial charge < -0.3 is 0 Å². The summed E-state index contributed by atoms with van der Waals surface area (Å²) in [6.07, 6.45) is 4.23. The van der Waals surface area contributed by atoms with Crippen LogP contribution in [0.25, 0.3) is 16.6 Å². The van der Waals surface area contributed by atoms with E-state index in [1.165, 1.54) is 0 Å². The second-order valence-corrected chi connectivity index (χ2v) is 7.28. The smallest absolute Gasteiger partial charge is 0.160 e. The monoisotopic (exact) mass is 358 g/mol. The highest BCUT2D eigenvalue weighted by atomic mass is 15.3. The summed E-state index contributed by atoms with van der Waals surface area (Å²) >= 11 is 0. The Kier molecular flexibility index (Phi) is 4.05. The van der Waals surface area contributed by atoms with Gasteiger partial charge in [0.2, 0.25) is 0 Å². The van der Waals surface area contributed by atoms with Gasteiger partial charge in [0.15, 0.2) is 5.65 Å². The van der Waals surface area contributed by atoms with Gasteiger partial charge in [-0.25, -0.2) is 9.97 Å². The second-order valence-electron chi connectivity index (χ2n) is 7.28. The summed E-state index contributed by atoms with van der Waals surface area (Å²) < 4.78 is 2.12. The van der Waals surface area contributed by atoms with E-state index in [1.54, 1.807) is 0 Å². The molecule has 3 aromatic heterocycles. The van der Waals surface area contributed by atoms with Crippen LogP contribution in [-0.4, -0.2) is 42.6 Å². The first-order valence-electron chi connectivity index (χ1n) is 9.52. The van der Waals surface area contributed by atoms with Gasteiger partial charge in [-0.2, -0.15) is 0 Å². The Morgan fingerprint density at radius 1 is 0.963 bits per heavy atom. The Balaban J connectivity index is 1.30. The first-order valence-corrected chi connectivity index (χ1v) is 9.52. The predicted octanol–water partition coefficient (Wildman–Crippen LogP) is 3.36. The molecule has 0 unspecified atom stereocenters. The largest absolute Gasteiger partial charge is 0.296 e. The van der Waals surface area contributed by atoms with Crippen LogP contribution in [0.1, 0.15) is 36.1 Å². The quantitative estimate of drug-likeness (QED) is 0.562. The molecular weight excluding hydrogens is 336 g/mol. The summed E-state index contributed by atoms with van der Waals surface area (Å²) in [7, 11) is 0. The van der Waals surface area contributed by atoms with Gasteiger partial charge in [-0.05, 0) is 51.1 Å². The van der Waals surface area contributed by atoms with Gasteiger partial charge in [0.25, 0.3) is 0 Å². The number of rotatable bonds is 3. The zero-order valence-electron chi connectivity index (χ0n) is 15.4. The van der Waals surface area contributed by atoms with Crippen molar-refractivity contribution in [3.63, 3.8) is 0 Å². The predicted molar refractivity (Wildman–Crippen MR) is 105 cm³/mol. The normalized spacial score (nSPS) is 16.3. The molecule has 0 amide bonds. The van der Waals surface area contributed by atoms with Gasteiger partial charge in [0.1, 0.15) is 11.6 Å². The van der Waals surface area contributed by atoms with Crippen LogP contribution in [0.15, 0.2) is 48.7 Å². The number of aryl methyl sites for hydroxylation is 1. The number of hydrogen-bond donors (Lipinski definition) is 0. The van der Waals surface area contributed by atoms with Crippen molar-refractivity contribution in [3.05, 3.63) is 66.0 Å². The molecule has 1 aliphatic rings. The number of benzene rings is 1. The number of nitrogens with zero attached hydrogens (tertiary/aromatic N) is 6. The lowest BCUT2D eigenvalue weighted by Gasteiger charge is -2.30. The number of likely N-dealkylation sites (tertiary alicyclic amines) is 1. The standard InChI is InChI=1S/C21H22N6/c1-15-17-6-2-3-7-18(17)23-19(22-15)14-26-12-9-16(10-13-26)21-25-24-20-8-4-5-11-27(20)21/h2-8,11,16H,9-10,12-14H2,1H3. The van der Waals surface area contributed by atoms with Gasteiger partial charge in [-0.3, -0.25) is 9.30 Å². The van der Waals surface area contributed by atoms with Crippen LogP contribution in [0.5, 0.6) is 0 Å². The summed E-state index contributed by atoms with van der Waals surface area (Å²) in [6.45, 7) is 4.93. The van der Waals surface area contributed by atoms with Gasteiger partial charge in [0.05, 0.1) is 12.1 Å². The minimum atomic E-state index is 0.456. The first kappa shape index (κ1) is 16.3. The van der Waals surface area contributed by atoms with E-state index in [2.05, 4.69) is 44.8 Å². The number of aromatic nitrogens is 5. The second kappa shape index (κ2) is 6.70. The lowest BCUT2D eigenvalue weighted by molar-refractivity contribution is 0.197. The van der Waals surface area contributed by atoms with Crippen molar-refractivity contribution in [2.75, 3.05) is 13.1 Å². The molecule has 136 valence electrons. The van der Waals surface area contributed by atoms with Crippen molar-refractivity contribution >= 4 is 16.6 Å². The number of para-hydroxylation sites is 1. The fraction of sp³-hybridized carbons (Fsp3) is 0.333. The molecule has 0 saturated carbocycles. The summed E-state index contributed by atoms with van der Waals surface area (Å²) in [6, 6.07) is 14.3. The fourth-order valence-electron chi connectivity index (χ4n) is 4.05. The van der Waals surface area contributed by atoms with Crippen molar-refractivity contribution in [1.82, 2.24) is 29.5 Å². The molecule has 1 aliphatic heterocycles. The maximum absolute atomic E-state index is 4.76. The molecular formula is C21H22N6. The lowest BCUT2D eigenvalue weighted by atomic mass is 9.96. The maximum atomic E-state index is 4.76. The average molecular weight is 358 g/mol. The summed E-state index contributed by atoms with van der Waals surface area (Å²) in [5.74, 6) is 2.46. The highest BCUT2D eigenvalue weighted by Crippen LogP contribution is 2.27. The van der Waals surface area contributed by atoms with Crippen LogP contribution in [-0.2, 0) is 6.54 Å². The van der Waals surface area contributed by atoms with Crippen LogP contribution in [0.4, 0.5) is 0 Å². The molecule has 0 aliphatic carbocycles. The van der Waals surface area contributed by atoms with Crippen LogP contribution < -0.4 is 0 Å². The Hall–Kier alpha value is -2.86. The van der Waals surface area contributed by atoms with E-state index < -0.39 is 0 Å².